The van der Waals surface area contributed by atoms with Gasteiger partial charge in [-0.1, -0.05) is 13.3 Å². The molecule has 0 radical (unpaired) electrons. The third-order valence-electron chi connectivity index (χ3n) is 3.02. The molecule has 1 heterocycles. The summed E-state index contributed by atoms with van der Waals surface area (Å²) in [4.78, 5) is 17.8. The van der Waals surface area contributed by atoms with E-state index in [-0.39, 0.29) is 12.0 Å². The number of alkyl halides is 3. The zero-order chi connectivity index (χ0) is 16.0. The fourth-order valence-electron chi connectivity index (χ4n) is 1.73. The van der Waals surface area contributed by atoms with Crippen LogP contribution in [0.15, 0.2) is 12.3 Å². The molecule has 2 unspecified atom stereocenters. The number of aromatic nitrogens is 2. The minimum atomic E-state index is -4.50. The monoisotopic (exact) mass is 305 g/mol. The van der Waals surface area contributed by atoms with Crippen LogP contribution in [-0.4, -0.2) is 27.1 Å². The van der Waals surface area contributed by atoms with Crippen LogP contribution in [0.1, 0.15) is 38.8 Å². The first-order valence-electron chi connectivity index (χ1n) is 6.59. The maximum Gasteiger partial charge on any atom is 0.433 e. The van der Waals surface area contributed by atoms with E-state index in [0.29, 0.717) is 19.3 Å². The van der Waals surface area contributed by atoms with Gasteiger partial charge in [0, 0.05) is 12.2 Å². The molecule has 0 aliphatic rings. The molecule has 2 N–H and O–H groups in total. The second-order valence-corrected chi connectivity index (χ2v) is 4.98. The minimum absolute atomic E-state index is 0.0800. The fourth-order valence-corrected chi connectivity index (χ4v) is 1.73. The number of anilines is 1. The van der Waals surface area contributed by atoms with Crippen molar-refractivity contribution in [1.82, 2.24) is 9.97 Å². The average molecular weight is 305 g/mol. The first kappa shape index (κ1) is 17.2. The number of nitrogens with one attached hydrogen (secondary N) is 1. The lowest BCUT2D eigenvalue weighted by atomic mass is 10.0. The van der Waals surface area contributed by atoms with Crippen LogP contribution in [0.25, 0.3) is 0 Å². The van der Waals surface area contributed by atoms with Crippen molar-refractivity contribution in [2.24, 2.45) is 5.92 Å². The van der Waals surface area contributed by atoms with Gasteiger partial charge in [-0.3, -0.25) is 4.79 Å². The third kappa shape index (κ3) is 5.97. The number of hydrogen-bond donors (Lipinski definition) is 2. The molecule has 0 saturated heterocycles. The van der Waals surface area contributed by atoms with Gasteiger partial charge < -0.3 is 10.4 Å². The second-order valence-electron chi connectivity index (χ2n) is 4.98. The van der Waals surface area contributed by atoms with E-state index < -0.39 is 23.8 Å². The standard InChI is InChI=1S/C13H18F3N3O2/c1-8(11(20)21)4-3-5-9(2)18-12-17-7-6-10(19-12)13(14,15)16/h6-9H,3-5H2,1-2H3,(H,20,21)(H,17,18,19). The van der Waals surface area contributed by atoms with E-state index in [4.69, 9.17) is 5.11 Å². The van der Waals surface area contributed by atoms with Crippen molar-refractivity contribution in [3.63, 3.8) is 0 Å². The topological polar surface area (TPSA) is 75.1 Å². The zero-order valence-corrected chi connectivity index (χ0v) is 11.8. The summed E-state index contributed by atoms with van der Waals surface area (Å²) < 4.78 is 37.5. The van der Waals surface area contributed by atoms with Crippen LogP contribution in [0.2, 0.25) is 0 Å². The molecule has 8 heteroatoms. The minimum Gasteiger partial charge on any atom is -0.481 e. The van der Waals surface area contributed by atoms with E-state index in [1.165, 1.54) is 0 Å². The molecule has 21 heavy (non-hydrogen) atoms. The Balaban J connectivity index is 2.48. The Labute approximate surface area is 120 Å². The van der Waals surface area contributed by atoms with Crippen molar-refractivity contribution in [3.05, 3.63) is 18.0 Å². The van der Waals surface area contributed by atoms with Gasteiger partial charge in [-0.25, -0.2) is 9.97 Å². The maximum absolute atomic E-state index is 12.5. The summed E-state index contributed by atoms with van der Waals surface area (Å²) in [7, 11) is 0. The molecule has 0 bridgehead atoms. The van der Waals surface area contributed by atoms with Crippen molar-refractivity contribution >= 4 is 11.9 Å². The Kier molecular flexibility index (Phi) is 5.92. The van der Waals surface area contributed by atoms with Crippen LogP contribution < -0.4 is 5.32 Å². The lowest BCUT2D eigenvalue weighted by Gasteiger charge is -2.15. The molecule has 0 spiro atoms. The van der Waals surface area contributed by atoms with Crippen molar-refractivity contribution in [2.45, 2.75) is 45.3 Å². The smallest absolute Gasteiger partial charge is 0.433 e. The Hall–Kier alpha value is -1.86. The summed E-state index contributed by atoms with van der Waals surface area (Å²) in [6.07, 6.45) is -1.65. The zero-order valence-electron chi connectivity index (χ0n) is 11.8. The van der Waals surface area contributed by atoms with E-state index in [1.807, 2.05) is 0 Å². The van der Waals surface area contributed by atoms with Gasteiger partial charge in [0.1, 0.15) is 5.69 Å². The SMILES string of the molecule is CC(CCCC(C)C(=O)O)Nc1nccc(C(F)(F)F)n1. The van der Waals surface area contributed by atoms with Gasteiger partial charge in [-0.2, -0.15) is 13.2 Å². The van der Waals surface area contributed by atoms with Crippen LogP contribution in [0.5, 0.6) is 0 Å². The predicted molar refractivity (Wildman–Crippen MR) is 70.8 cm³/mol. The van der Waals surface area contributed by atoms with E-state index in [1.54, 1.807) is 13.8 Å². The number of rotatable bonds is 7. The average Bonchev–Trinajstić information content (AvgIpc) is 2.37. The normalized spacial score (nSPS) is 14.5. The third-order valence-corrected chi connectivity index (χ3v) is 3.02. The summed E-state index contributed by atoms with van der Waals surface area (Å²) in [5.41, 5.74) is -0.994. The Morgan fingerprint density at radius 1 is 1.38 bits per heavy atom. The quantitative estimate of drug-likeness (QED) is 0.809. The number of hydrogen-bond acceptors (Lipinski definition) is 4. The highest BCUT2D eigenvalue weighted by atomic mass is 19.4. The fraction of sp³-hybridized carbons (Fsp3) is 0.615. The Morgan fingerprint density at radius 2 is 2.05 bits per heavy atom. The molecule has 1 aromatic rings. The number of nitrogens with zero attached hydrogens (tertiary/aromatic N) is 2. The van der Waals surface area contributed by atoms with Crippen LogP contribution in [0.3, 0.4) is 0 Å². The van der Waals surface area contributed by atoms with Crippen LogP contribution in [-0.2, 0) is 11.0 Å². The maximum atomic E-state index is 12.5. The summed E-state index contributed by atoms with van der Waals surface area (Å²) in [6.45, 7) is 3.41. The molecular weight excluding hydrogens is 287 g/mol. The van der Waals surface area contributed by atoms with Crippen molar-refractivity contribution in [3.8, 4) is 0 Å². The van der Waals surface area contributed by atoms with Gasteiger partial charge >= 0.3 is 12.1 Å². The highest BCUT2D eigenvalue weighted by Gasteiger charge is 2.32. The Morgan fingerprint density at radius 3 is 2.62 bits per heavy atom. The van der Waals surface area contributed by atoms with E-state index >= 15 is 0 Å². The first-order valence-corrected chi connectivity index (χ1v) is 6.59. The van der Waals surface area contributed by atoms with Crippen molar-refractivity contribution in [1.29, 1.82) is 0 Å². The molecule has 118 valence electrons. The van der Waals surface area contributed by atoms with Gasteiger partial charge in [-0.15, -0.1) is 0 Å². The van der Waals surface area contributed by atoms with Gasteiger partial charge in [0.05, 0.1) is 5.92 Å². The van der Waals surface area contributed by atoms with Gasteiger partial charge in [0.2, 0.25) is 5.95 Å². The second kappa shape index (κ2) is 7.24. The molecule has 0 aliphatic heterocycles. The van der Waals surface area contributed by atoms with Gasteiger partial charge in [0.15, 0.2) is 0 Å². The predicted octanol–water partition coefficient (Wildman–Crippen LogP) is 3.19. The Bertz CT molecular complexity index is 480. The van der Waals surface area contributed by atoms with Crippen LogP contribution in [0, 0.1) is 5.92 Å². The number of carboxylic acids is 1. The summed E-state index contributed by atoms with van der Waals surface area (Å²) in [5.74, 6) is -1.36. The van der Waals surface area contributed by atoms with Crippen molar-refractivity contribution in [2.75, 3.05) is 5.32 Å². The molecule has 0 aliphatic carbocycles. The molecule has 0 amide bonds. The summed E-state index contributed by atoms with van der Waals surface area (Å²) in [5, 5.41) is 11.5. The molecule has 5 nitrogen and oxygen atoms in total. The van der Waals surface area contributed by atoms with Gasteiger partial charge in [-0.05, 0) is 25.8 Å². The van der Waals surface area contributed by atoms with Crippen LogP contribution >= 0.6 is 0 Å². The molecule has 1 rings (SSSR count). The molecule has 0 fully saturated rings. The molecule has 1 aromatic heterocycles. The van der Waals surface area contributed by atoms with Crippen molar-refractivity contribution < 1.29 is 23.1 Å². The lowest BCUT2D eigenvalue weighted by molar-refractivity contribution is -0.142. The number of carboxylic acid groups (broad SMARTS) is 1. The molecule has 0 saturated carbocycles. The molecule has 0 aromatic carbocycles. The van der Waals surface area contributed by atoms with Gasteiger partial charge in [0.25, 0.3) is 0 Å². The largest absolute Gasteiger partial charge is 0.481 e. The highest BCUT2D eigenvalue weighted by molar-refractivity contribution is 5.69. The van der Waals surface area contributed by atoms with E-state index in [2.05, 4.69) is 15.3 Å². The number of aliphatic carboxylic acids is 1. The van der Waals surface area contributed by atoms with Crippen LogP contribution in [0.4, 0.5) is 19.1 Å². The number of carbonyl (C=O) groups is 1. The highest BCUT2D eigenvalue weighted by Crippen LogP contribution is 2.27. The van der Waals surface area contributed by atoms with E-state index in [0.717, 1.165) is 12.3 Å². The lowest BCUT2D eigenvalue weighted by Crippen LogP contribution is -2.19. The summed E-state index contributed by atoms with van der Waals surface area (Å²) in [6, 6.07) is 0.666. The first-order chi connectivity index (χ1) is 9.70. The summed E-state index contributed by atoms with van der Waals surface area (Å²) >= 11 is 0. The van der Waals surface area contributed by atoms with E-state index in [9.17, 15) is 18.0 Å². The molecule has 2 atom stereocenters. The molecular formula is C13H18F3N3O2. The number of halogens is 3.